The molecule has 0 aromatic heterocycles. The zero-order chi connectivity index (χ0) is 22.6. The number of likely N-dealkylation sites (tertiary alicyclic amines) is 1. The predicted molar refractivity (Wildman–Crippen MR) is 127 cm³/mol. The maximum absolute atomic E-state index is 13.3. The van der Waals surface area contributed by atoms with Crippen molar-refractivity contribution >= 4 is 28.5 Å². The van der Waals surface area contributed by atoms with E-state index in [9.17, 15) is 13.6 Å². The van der Waals surface area contributed by atoms with Crippen molar-refractivity contribution in [3.8, 4) is 0 Å². The number of likely N-dealkylation sites (N-methyl/N-ethyl adjacent to an activating group) is 1. The zero-order valence-electron chi connectivity index (χ0n) is 18.5. The Bertz CT molecular complexity index is 930. The number of benzene rings is 2. The number of rotatable bonds is 8. The Hall–Kier alpha value is -2.26. The van der Waals surface area contributed by atoms with Crippen LogP contribution in [0.5, 0.6) is 0 Å². The average Bonchev–Trinajstić information content (AvgIpc) is 3.26. The van der Waals surface area contributed by atoms with E-state index in [-0.39, 0.29) is 22.3 Å². The Kier molecular flexibility index (Phi) is 7.48. The van der Waals surface area contributed by atoms with Crippen molar-refractivity contribution in [3.63, 3.8) is 0 Å². The van der Waals surface area contributed by atoms with Gasteiger partial charge in [0.05, 0.1) is 32.2 Å². The van der Waals surface area contributed by atoms with Crippen LogP contribution in [0.15, 0.2) is 48.5 Å². The molecule has 0 saturated carbocycles. The molecule has 1 heterocycles. The van der Waals surface area contributed by atoms with Gasteiger partial charge in [0, 0.05) is 19.7 Å². The normalized spacial score (nSPS) is 16.8. The quantitative estimate of drug-likeness (QED) is 0.371. The van der Waals surface area contributed by atoms with E-state index in [1.165, 1.54) is 12.8 Å². The Balaban J connectivity index is 1.83. The van der Waals surface area contributed by atoms with Crippen LogP contribution in [0.4, 0.5) is 11.4 Å². The standard InChI is InChI=1S/C23H32N4O3S/c1-25(20(17-26-14-7-8-15-26)18-10-5-4-6-11-18)22(28)16-19-12-9-13-21(23(19)24)27(2,3)31(29)30/h4-6,9-13,20H,7-8,14-17,24H2,1-3H3/p+1/t20-/m1/s1. The molecule has 2 aromatic rings. The molecular formula is C23H33N4O3S+. The van der Waals surface area contributed by atoms with E-state index in [0.29, 0.717) is 16.9 Å². The number of quaternary nitrogens is 1. The van der Waals surface area contributed by atoms with Crippen LogP contribution in [-0.2, 0) is 22.5 Å². The van der Waals surface area contributed by atoms with Gasteiger partial charge in [0.15, 0.2) is 5.69 Å². The first-order chi connectivity index (χ1) is 14.7. The molecule has 3 N–H and O–H groups in total. The molecule has 0 aliphatic carbocycles. The van der Waals surface area contributed by atoms with Crippen molar-refractivity contribution < 1.29 is 13.6 Å². The van der Waals surface area contributed by atoms with E-state index in [0.717, 1.165) is 25.2 Å². The molecule has 1 amide bonds. The highest BCUT2D eigenvalue weighted by Crippen LogP contribution is 2.32. The summed E-state index contributed by atoms with van der Waals surface area (Å²) in [5.74, 6) is -0.0349. The lowest BCUT2D eigenvalue weighted by Gasteiger charge is -2.32. The highest BCUT2D eigenvalue weighted by molar-refractivity contribution is 7.78. The fourth-order valence-corrected chi connectivity index (χ4v) is 4.43. The number of hydrogen-bond donors (Lipinski definition) is 2. The van der Waals surface area contributed by atoms with Crippen molar-refractivity contribution in [2.24, 2.45) is 0 Å². The van der Waals surface area contributed by atoms with Gasteiger partial charge in [0.1, 0.15) is 0 Å². The monoisotopic (exact) mass is 445 g/mol. The number of carbonyl (C=O) groups excluding carboxylic acids is 1. The second-order valence-electron chi connectivity index (χ2n) is 8.55. The molecule has 3 rings (SSSR count). The van der Waals surface area contributed by atoms with Gasteiger partial charge in [0.25, 0.3) is 0 Å². The van der Waals surface area contributed by atoms with Gasteiger partial charge >= 0.3 is 11.3 Å². The minimum Gasteiger partial charge on any atom is -0.394 e. The molecule has 0 bridgehead atoms. The lowest BCUT2D eigenvalue weighted by atomic mass is 10.0. The Morgan fingerprint density at radius 2 is 1.81 bits per heavy atom. The topological polar surface area (TPSA) is 86.9 Å². The molecule has 0 radical (unpaired) electrons. The third-order valence-electron chi connectivity index (χ3n) is 6.16. The van der Waals surface area contributed by atoms with Crippen molar-refractivity contribution in [3.05, 3.63) is 59.7 Å². The lowest BCUT2D eigenvalue weighted by molar-refractivity contribution is -0.131. The van der Waals surface area contributed by atoms with Gasteiger partial charge in [-0.1, -0.05) is 42.5 Å². The van der Waals surface area contributed by atoms with Crippen molar-refractivity contribution in [2.75, 3.05) is 46.5 Å². The molecule has 0 spiro atoms. The Labute approximate surface area is 187 Å². The van der Waals surface area contributed by atoms with Gasteiger partial charge < -0.3 is 15.5 Å². The second kappa shape index (κ2) is 9.91. The van der Waals surface area contributed by atoms with Crippen LogP contribution in [0, 0.1) is 0 Å². The SMILES string of the molecule is CN(C(=O)Cc1cccc([N+](C)(C)S(=O)O)c1N)[C@H](CN1CCCC1)c1ccccc1. The number of amides is 1. The molecule has 168 valence electrons. The number of para-hydroxylation sites is 1. The summed E-state index contributed by atoms with van der Waals surface area (Å²) in [6.07, 6.45) is 2.53. The van der Waals surface area contributed by atoms with Crippen LogP contribution < -0.4 is 9.62 Å². The molecule has 1 aliphatic rings. The summed E-state index contributed by atoms with van der Waals surface area (Å²) < 4.78 is 21.2. The van der Waals surface area contributed by atoms with E-state index in [1.807, 2.05) is 36.2 Å². The molecule has 2 atom stereocenters. The minimum atomic E-state index is -2.15. The Morgan fingerprint density at radius 1 is 1.16 bits per heavy atom. The highest BCUT2D eigenvalue weighted by atomic mass is 32.2. The summed E-state index contributed by atoms with van der Waals surface area (Å²) in [4.78, 5) is 17.5. The van der Waals surface area contributed by atoms with E-state index in [1.54, 1.807) is 26.2 Å². The summed E-state index contributed by atoms with van der Waals surface area (Å²) in [6, 6.07) is 15.4. The lowest BCUT2D eigenvalue weighted by Crippen LogP contribution is -2.42. The van der Waals surface area contributed by atoms with Gasteiger partial charge in [-0.05, 0) is 37.1 Å². The average molecular weight is 446 g/mol. The zero-order valence-corrected chi connectivity index (χ0v) is 19.3. The number of nitrogens with two attached hydrogens (primary N) is 1. The first kappa shape index (κ1) is 23.4. The number of nitrogen functional groups attached to an aromatic ring is 1. The van der Waals surface area contributed by atoms with Crippen LogP contribution in [0.2, 0.25) is 0 Å². The first-order valence-corrected chi connectivity index (χ1v) is 11.6. The molecule has 1 saturated heterocycles. The fraction of sp³-hybridized carbons (Fsp3) is 0.435. The van der Waals surface area contributed by atoms with Crippen molar-refractivity contribution in [2.45, 2.75) is 25.3 Å². The van der Waals surface area contributed by atoms with Crippen LogP contribution in [0.25, 0.3) is 0 Å². The number of hydrogen-bond acceptors (Lipinski definition) is 4. The molecule has 7 nitrogen and oxygen atoms in total. The summed E-state index contributed by atoms with van der Waals surface area (Å²) in [5.41, 5.74) is 9.01. The third-order valence-corrected chi connectivity index (χ3v) is 7.14. The largest absolute Gasteiger partial charge is 0.394 e. The van der Waals surface area contributed by atoms with E-state index < -0.39 is 11.3 Å². The molecule has 8 heteroatoms. The molecule has 2 aromatic carbocycles. The van der Waals surface area contributed by atoms with Crippen LogP contribution in [0.1, 0.15) is 30.0 Å². The van der Waals surface area contributed by atoms with E-state index in [2.05, 4.69) is 17.0 Å². The molecular weight excluding hydrogens is 412 g/mol. The predicted octanol–water partition coefficient (Wildman–Crippen LogP) is 2.81. The summed E-state index contributed by atoms with van der Waals surface area (Å²) >= 11 is -2.15. The molecule has 1 fully saturated rings. The Morgan fingerprint density at radius 3 is 2.42 bits per heavy atom. The molecule has 1 aliphatic heterocycles. The van der Waals surface area contributed by atoms with Crippen molar-refractivity contribution in [1.29, 1.82) is 0 Å². The highest BCUT2D eigenvalue weighted by Gasteiger charge is 2.31. The maximum atomic E-state index is 13.3. The molecule has 31 heavy (non-hydrogen) atoms. The maximum Gasteiger partial charge on any atom is 0.363 e. The van der Waals surface area contributed by atoms with Gasteiger partial charge in [-0.15, -0.1) is 0 Å². The number of anilines is 1. The number of nitrogens with zero attached hydrogens (tertiary/aromatic N) is 3. The third kappa shape index (κ3) is 5.33. The summed E-state index contributed by atoms with van der Waals surface area (Å²) in [7, 11) is 5.07. The summed E-state index contributed by atoms with van der Waals surface area (Å²) in [5, 5.41) is 0. The van der Waals surface area contributed by atoms with Crippen molar-refractivity contribution in [1.82, 2.24) is 13.7 Å². The smallest absolute Gasteiger partial charge is 0.363 e. The van der Waals surface area contributed by atoms with Crippen LogP contribution >= 0.6 is 0 Å². The van der Waals surface area contributed by atoms with Gasteiger partial charge in [-0.3, -0.25) is 9.35 Å². The fourth-order valence-electron chi connectivity index (χ4n) is 4.11. The number of carbonyl (C=O) groups is 1. The van der Waals surface area contributed by atoms with E-state index in [4.69, 9.17) is 5.73 Å². The second-order valence-corrected chi connectivity index (χ2v) is 9.92. The molecule has 1 unspecified atom stereocenters. The van der Waals surface area contributed by atoms with Gasteiger partial charge in [-0.25, -0.2) is 0 Å². The van der Waals surface area contributed by atoms with Gasteiger partial charge in [-0.2, -0.15) is 8.10 Å². The van der Waals surface area contributed by atoms with Gasteiger partial charge in [0.2, 0.25) is 5.91 Å². The first-order valence-electron chi connectivity index (χ1n) is 10.6. The minimum absolute atomic E-state index is 0.0349. The van der Waals surface area contributed by atoms with Crippen LogP contribution in [-0.4, -0.2) is 65.2 Å². The van der Waals surface area contributed by atoms with Crippen LogP contribution in [0.3, 0.4) is 0 Å². The summed E-state index contributed by atoms with van der Waals surface area (Å²) in [6.45, 7) is 2.92. The van der Waals surface area contributed by atoms with E-state index >= 15 is 0 Å².